The topological polar surface area (TPSA) is 59.7 Å². The summed E-state index contributed by atoms with van der Waals surface area (Å²) in [6.45, 7) is 6.30. The minimum atomic E-state index is -1.07. The summed E-state index contributed by atoms with van der Waals surface area (Å²) in [5.41, 5.74) is 2.00. The number of aromatic carboxylic acids is 1. The Kier molecular flexibility index (Phi) is 4.13. The molecule has 0 aliphatic carbocycles. The standard InChI is InChI=1S/C16H18O4/c1-10(2)12-4-6-14(7-5-12)19-9-13-8-15(16(17)18)20-11(13)3/h4-8,10H,9H2,1-3H3,(H,17,18). The van der Waals surface area contributed by atoms with Crippen molar-refractivity contribution in [3.05, 3.63) is 53.0 Å². The van der Waals surface area contributed by atoms with Gasteiger partial charge in [-0.1, -0.05) is 26.0 Å². The fourth-order valence-corrected chi connectivity index (χ4v) is 1.88. The van der Waals surface area contributed by atoms with Crippen LogP contribution in [0.4, 0.5) is 0 Å². The first kappa shape index (κ1) is 14.2. The first-order valence-electron chi connectivity index (χ1n) is 6.52. The minimum Gasteiger partial charge on any atom is -0.489 e. The van der Waals surface area contributed by atoms with Gasteiger partial charge in [-0.3, -0.25) is 0 Å². The van der Waals surface area contributed by atoms with Crippen molar-refractivity contribution in [3.63, 3.8) is 0 Å². The van der Waals surface area contributed by atoms with Crippen LogP contribution in [0.25, 0.3) is 0 Å². The number of rotatable bonds is 5. The van der Waals surface area contributed by atoms with Crippen molar-refractivity contribution in [2.75, 3.05) is 0 Å². The van der Waals surface area contributed by atoms with Crippen LogP contribution in [0.15, 0.2) is 34.7 Å². The number of benzene rings is 1. The second kappa shape index (κ2) is 5.82. The highest BCUT2D eigenvalue weighted by atomic mass is 16.5. The monoisotopic (exact) mass is 274 g/mol. The zero-order valence-electron chi connectivity index (χ0n) is 11.8. The summed E-state index contributed by atoms with van der Waals surface area (Å²) < 4.78 is 10.8. The summed E-state index contributed by atoms with van der Waals surface area (Å²) in [5, 5.41) is 8.86. The van der Waals surface area contributed by atoms with Crippen molar-refractivity contribution in [2.24, 2.45) is 0 Å². The number of hydrogen-bond acceptors (Lipinski definition) is 3. The molecule has 20 heavy (non-hydrogen) atoms. The lowest BCUT2D eigenvalue weighted by atomic mass is 10.0. The fourth-order valence-electron chi connectivity index (χ4n) is 1.88. The van der Waals surface area contributed by atoms with Crippen LogP contribution < -0.4 is 4.74 Å². The molecule has 2 rings (SSSR count). The molecule has 0 aliphatic heterocycles. The van der Waals surface area contributed by atoms with Crippen LogP contribution in [0.2, 0.25) is 0 Å². The van der Waals surface area contributed by atoms with Gasteiger partial charge in [-0.05, 0) is 36.6 Å². The highest BCUT2D eigenvalue weighted by Gasteiger charge is 2.13. The van der Waals surface area contributed by atoms with E-state index in [2.05, 4.69) is 13.8 Å². The third-order valence-corrected chi connectivity index (χ3v) is 3.17. The van der Waals surface area contributed by atoms with Crippen LogP contribution in [0, 0.1) is 6.92 Å². The summed E-state index contributed by atoms with van der Waals surface area (Å²) in [4.78, 5) is 10.8. The molecule has 0 unspecified atom stereocenters. The van der Waals surface area contributed by atoms with Gasteiger partial charge in [-0.15, -0.1) is 0 Å². The van der Waals surface area contributed by atoms with Crippen LogP contribution in [0.3, 0.4) is 0 Å². The molecule has 0 saturated heterocycles. The van der Waals surface area contributed by atoms with Gasteiger partial charge in [0, 0.05) is 5.56 Å². The first-order chi connectivity index (χ1) is 9.47. The quantitative estimate of drug-likeness (QED) is 0.895. The fraction of sp³-hybridized carbons (Fsp3) is 0.312. The van der Waals surface area contributed by atoms with Crippen LogP contribution in [0.1, 0.15) is 47.2 Å². The third-order valence-electron chi connectivity index (χ3n) is 3.17. The molecule has 0 spiro atoms. The molecule has 4 nitrogen and oxygen atoms in total. The average molecular weight is 274 g/mol. The molecule has 1 aromatic heterocycles. The Hall–Kier alpha value is -2.23. The van der Waals surface area contributed by atoms with Crippen LogP contribution in [-0.2, 0) is 6.61 Å². The molecule has 0 bridgehead atoms. The SMILES string of the molecule is Cc1oc(C(=O)O)cc1COc1ccc(C(C)C)cc1. The summed E-state index contributed by atoms with van der Waals surface area (Å²) in [5.74, 6) is 0.684. The number of carbonyl (C=O) groups is 1. The number of hydrogen-bond donors (Lipinski definition) is 1. The minimum absolute atomic E-state index is 0.0590. The molecule has 1 N–H and O–H groups in total. The number of ether oxygens (including phenoxy) is 1. The second-order valence-electron chi connectivity index (χ2n) is 5.01. The van der Waals surface area contributed by atoms with E-state index in [0.717, 1.165) is 11.3 Å². The molecule has 0 atom stereocenters. The van der Waals surface area contributed by atoms with Gasteiger partial charge >= 0.3 is 5.97 Å². The molecule has 2 aromatic rings. The number of aryl methyl sites for hydroxylation is 1. The molecule has 0 amide bonds. The van der Waals surface area contributed by atoms with Crippen molar-refractivity contribution in [3.8, 4) is 5.75 Å². The Morgan fingerprint density at radius 2 is 1.95 bits per heavy atom. The van der Waals surface area contributed by atoms with Gasteiger partial charge in [-0.25, -0.2) is 4.79 Å². The number of carboxylic acids is 1. The molecular weight excluding hydrogens is 256 g/mol. The highest BCUT2D eigenvalue weighted by molar-refractivity contribution is 5.84. The molecule has 0 fully saturated rings. The van der Waals surface area contributed by atoms with Crippen LogP contribution in [0.5, 0.6) is 5.75 Å². The summed E-state index contributed by atoms with van der Waals surface area (Å²) in [7, 11) is 0. The Labute approximate surface area is 118 Å². The van der Waals surface area contributed by atoms with E-state index in [1.807, 2.05) is 24.3 Å². The summed E-state index contributed by atoms with van der Waals surface area (Å²) in [6, 6.07) is 9.40. The maximum Gasteiger partial charge on any atom is 0.371 e. The molecule has 0 saturated carbocycles. The third kappa shape index (κ3) is 3.20. The van der Waals surface area contributed by atoms with Crippen molar-refractivity contribution >= 4 is 5.97 Å². The van der Waals surface area contributed by atoms with E-state index in [1.54, 1.807) is 6.92 Å². The Bertz CT molecular complexity index is 593. The van der Waals surface area contributed by atoms with E-state index >= 15 is 0 Å². The highest BCUT2D eigenvalue weighted by Crippen LogP contribution is 2.21. The molecular formula is C16H18O4. The predicted octanol–water partition coefficient (Wildman–Crippen LogP) is 3.99. The lowest BCUT2D eigenvalue weighted by Gasteiger charge is -2.08. The average Bonchev–Trinajstić information content (AvgIpc) is 2.78. The van der Waals surface area contributed by atoms with Gasteiger partial charge in [0.2, 0.25) is 5.76 Å². The first-order valence-corrected chi connectivity index (χ1v) is 6.52. The largest absolute Gasteiger partial charge is 0.489 e. The zero-order chi connectivity index (χ0) is 14.7. The smallest absolute Gasteiger partial charge is 0.371 e. The normalized spacial score (nSPS) is 10.8. The Morgan fingerprint density at radius 1 is 1.30 bits per heavy atom. The van der Waals surface area contributed by atoms with E-state index in [0.29, 0.717) is 18.3 Å². The van der Waals surface area contributed by atoms with Crippen molar-refractivity contribution in [1.82, 2.24) is 0 Å². The number of carboxylic acid groups (broad SMARTS) is 1. The Balaban J connectivity index is 2.03. The van der Waals surface area contributed by atoms with Crippen LogP contribution >= 0.6 is 0 Å². The molecule has 106 valence electrons. The van der Waals surface area contributed by atoms with Gasteiger partial charge in [-0.2, -0.15) is 0 Å². The molecule has 4 heteroatoms. The number of furan rings is 1. The van der Waals surface area contributed by atoms with E-state index in [9.17, 15) is 4.79 Å². The summed E-state index contributed by atoms with van der Waals surface area (Å²) >= 11 is 0. The van der Waals surface area contributed by atoms with Gasteiger partial charge in [0.15, 0.2) is 0 Å². The summed E-state index contributed by atoms with van der Waals surface area (Å²) in [6.07, 6.45) is 0. The van der Waals surface area contributed by atoms with Crippen molar-refractivity contribution < 1.29 is 19.1 Å². The predicted molar refractivity (Wildman–Crippen MR) is 75.3 cm³/mol. The lowest BCUT2D eigenvalue weighted by molar-refractivity contribution is 0.0661. The molecule has 0 aliphatic rings. The van der Waals surface area contributed by atoms with Gasteiger partial charge in [0.05, 0.1) is 0 Å². The van der Waals surface area contributed by atoms with E-state index < -0.39 is 5.97 Å². The van der Waals surface area contributed by atoms with Crippen molar-refractivity contribution in [1.29, 1.82) is 0 Å². The molecule has 0 radical (unpaired) electrons. The molecule has 1 heterocycles. The lowest BCUT2D eigenvalue weighted by Crippen LogP contribution is -1.96. The Morgan fingerprint density at radius 3 is 2.45 bits per heavy atom. The van der Waals surface area contributed by atoms with Crippen molar-refractivity contribution in [2.45, 2.75) is 33.3 Å². The van der Waals surface area contributed by atoms with E-state index in [-0.39, 0.29) is 5.76 Å². The second-order valence-corrected chi connectivity index (χ2v) is 5.01. The maximum atomic E-state index is 10.8. The molecule has 1 aromatic carbocycles. The van der Waals surface area contributed by atoms with Gasteiger partial charge in [0.25, 0.3) is 0 Å². The zero-order valence-corrected chi connectivity index (χ0v) is 11.8. The van der Waals surface area contributed by atoms with Gasteiger partial charge in [0.1, 0.15) is 18.1 Å². The van der Waals surface area contributed by atoms with E-state index in [4.69, 9.17) is 14.3 Å². The maximum absolute atomic E-state index is 10.8. The van der Waals surface area contributed by atoms with Crippen LogP contribution in [-0.4, -0.2) is 11.1 Å². The van der Waals surface area contributed by atoms with E-state index in [1.165, 1.54) is 11.6 Å². The van der Waals surface area contributed by atoms with Gasteiger partial charge < -0.3 is 14.3 Å².